The molecule has 5 N–H and O–H groups in total. The highest BCUT2D eigenvalue weighted by Gasteiger charge is 2.29. The van der Waals surface area contributed by atoms with Gasteiger partial charge in [-0.2, -0.15) is 0 Å². The second-order valence-electron chi connectivity index (χ2n) is 9.33. The highest BCUT2D eigenvalue weighted by molar-refractivity contribution is 5.97. The summed E-state index contributed by atoms with van der Waals surface area (Å²) in [5, 5.41) is 8.10. The molecule has 0 fully saturated rings. The molecule has 10 heteroatoms. The van der Waals surface area contributed by atoms with Crippen molar-refractivity contribution >= 4 is 29.2 Å². The molecule has 1 atom stereocenters. The first-order valence-corrected chi connectivity index (χ1v) is 12.0. The zero-order valence-electron chi connectivity index (χ0n) is 21.4. The van der Waals surface area contributed by atoms with Gasteiger partial charge in [-0.25, -0.2) is 9.78 Å². The van der Waals surface area contributed by atoms with Gasteiger partial charge >= 0.3 is 6.03 Å². The Hall–Kier alpha value is -4.02. The number of benzene rings is 2. The monoisotopic (exact) mass is 506 g/mol. The Balaban J connectivity index is 1.66. The number of carbonyl (C=O) groups excluding carboxylic acids is 3. The number of nitrogens with two attached hydrogens (primary N) is 1. The number of imidazole rings is 1. The van der Waals surface area contributed by atoms with E-state index in [1.807, 2.05) is 48.5 Å². The molecule has 0 spiro atoms. The van der Waals surface area contributed by atoms with Crippen LogP contribution in [0.1, 0.15) is 31.4 Å². The van der Waals surface area contributed by atoms with Crippen LogP contribution in [0.5, 0.6) is 0 Å². The van der Waals surface area contributed by atoms with Crippen LogP contribution in [0.4, 0.5) is 16.3 Å². The molecule has 0 radical (unpaired) electrons. The predicted octanol–water partition coefficient (Wildman–Crippen LogP) is 3.15. The summed E-state index contributed by atoms with van der Waals surface area (Å²) < 4.78 is 7.56. The van der Waals surface area contributed by atoms with Crippen molar-refractivity contribution in [2.45, 2.75) is 39.0 Å². The van der Waals surface area contributed by atoms with Crippen LogP contribution in [0.3, 0.4) is 0 Å². The van der Waals surface area contributed by atoms with Crippen LogP contribution in [-0.2, 0) is 27.5 Å². The molecule has 0 saturated heterocycles. The van der Waals surface area contributed by atoms with Crippen LogP contribution in [-0.4, -0.2) is 46.5 Å². The highest BCUT2D eigenvalue weighted by Crippen LogP contribution is 2.19. The zero-order chi connectivity index (χ0) is 26.8. The number of Topliss-reactive ketones (excluding diaryl/α,β-unsaturated/α-hetero) is 1. The van der Waals surface area contributed by atoms with Gasteiger partial charge in [0.15, 0.2) is 11.6 Å². The molecule has 3 aromatic rings. The maximum atomic E-state index is 13.1. The van der Waals surface area contributed by atoms with E-state index in [-0.39, 0.29) is 30.7 Å². The maximum Gasteiger partial charge on any atom is 0.318 e. The minimum absolute atomic E-state index is 0.0522. The number of hydrogen-bond acceptors (Lipinski definition) is 6. The van der Waals surface area contributed by atoms with Gasteiger partial charge in [-0.1, -0.05) is 48.5 Å². The first-order chi connectivity index (χ1) is 17.7. The Bertz CT molecular complexity index is 1200. The third kappa shape index (κ3) is 8.55. The number of urea groups is 1. The van der Waals surface area contributed by atoms with Gasteiger partial charge < -0.3 is 31.0 Å². The second-order valence-corrected chi connectivity index (χ2v) is 9.33. The third-order valence-corrected chi connectivity index (χ3v) is 5.68. The number of ketones is 1. The molecule has 37 heavy (non-hydrogen) atoms. The number of hydrogen-bond donors (Lipinski definition) is 4. The molecule has 0 aliphatic rings. The summed E-state index contributed by atoms with van der Waals surface area (Å²) in [6.45, 7) is 4.04. The van der Waals surface area contributed by atoms with Crippen molar-refractivity contribution in [3.63, 3.8) is 0 Å². The minimum Gasteiger partial charge on any atom is -0.376 e. The smallest absolute Gasteiger partial charge is 0.318 e. The Morgan fingerprint density at radius 3 is 2.46 bits per heavy atom. The van der Waals surface area contributed by atoms with E-state index in [1.54, 1.807) is 44.1 Å². The standard InChI is InChI=1S/C27H34N6O4/c1-27(2,28)23(34)13-21(17-37-16-19-9-5-4-6-10-19)25(35)32-24-15-33(18-30-24)14-20-11-7-8-12-22(20)31-26(36)29-3/h4-12,15,18,21H,13-14,16-17,28H2,1-3H3,(H,32,35)(H2,29,31,36)/t21-/m1/s1. The van der Waals surface area contributed by atoms with Crippen LogP contribution in [0.15, 0.2) is 67.1 Å². The fourth-order valence-corrected chi connectivity index (χ4v) is 3.51. The summed E-state index contributed by atoms with van der Waals surface area (Å²) in [5.74, 6) is -1.00. The number of nitrogens with zero attached hydrogens (tertiary/aromatic N) is 2. The van der Waals surface area contributed by atoms with E-state index in [4.69, 9.17) is 10.5 Å². The van der Waals surface area contributed by atoms with Gasteiger partial charge in [-0.3, -0.25) is 9.59 Å². The topological polar surface area (TPSA) is 140 Å². The molecule has 2 aromatic carbocycles. The number of amides is 3. The Morgan fingerprint density at radius 1 is 1.05 bits per heavy atom. The number of nitrogens with one attached hydrogen (secondary N) is 3. The van der Waals surface area contributed by atoms with Crippen LogP contribution in [0.25, 0.3) is 0 Å². The first-order valence-electron chi connectivity index (χ1n) is 12.0. The van der Waals surface area contributed by atoms with Crippen molar-refractivity contribution in [2.75, 3.05) is 24.3 Å². The lowest BCUT2D eigenvalue weighted by Gasteiger charge is -2.21. The highest BCUT2D eigenvalue weighted by atomic mass is 16.5. The molecule has 3 amide bonds. The van der Waals surface area contributed by atoms with E-state index >= 15 is 0 Å². The molecule has 0 unspecified atom stereocenters. The average Bonchev–Trinajstić information content (AvgIpc) is 3.31. The Labute approximate surface area is 216 Å². The van der Waals surface area contributed by atoms with Crippen LogP contribution >= 0.6 is 0 Å². The number of carbonyl (C=O) groups is 3. The molecule has 0 aliphatic heterocycles. The lowest BCUT2D eigenvalue weighted by molar-refractivity contribution is -0.130. The van der Waals surface area contributed by atoms with Gasteiger partial charge in [0, 0.05) is 25.4 Å². The molecule has 10 nitrogen and oxygen atoms in total. The fraction of sp³-hybridized carbons (Fsp3) is 0.333. The summed E-state index contributed by atoms with van der Waals surface area (Å²) in [7, 11) is 1.55. The van der Waals surface area contributed by atoms with Crippen molar-refractivity contribution in [1.29, 1.82) is 0 Å². The summed E-state index contributed by atoms with van der Waals surface area (Å²) in [5.41, 5.74) is 7.40. The normalized spacial score (nSPS) is 12.0. The molecule has 0 bridgehead atoms. The van der Waals surface area contributed by atoms with Crippen molar-refractivity contribution in [3.05, 3.63) is 78.2 Å². The van der Waals surface area contributed by atoms with Gasteiger partial charge in [-0.15, -0.1) is 0 Å². The molecule has 1 aromatic heterocycles. The van der Waals surface area contributed by atoms with E-state index in [0.717, 1.165) is 11.1 Å². The lowest BCUT2D eigenvalue weighted by atomic mass is 9.91. The van der Waals surface area contributed by atoms with Crippen molar-refractivity contribution in [2.24, 2.45) is 11.7 Å². The molecule has 196 valence electrons. The molecule has 3 rings (SSSR count). The number of anilines is 2. The van der Waals surface area contributed by atoms with Crippen molar-refractivity contribution < 1.29 is 19.1 Å². The van der Waals surface area contributed by atoms with Gasteiger partial charge in [0.2, 0.25) is 5.91 Å². The molecule has 0 saturated carbocycles. The van der Waals surface area contributed by atoms with Crippen molar-refractivity contribution in [3.8, 4) is 0 Å². The van der Waals surface area contributed by atoms with Gasteiger partial charge in [0.25, 0.3) is 0 Å². The fourth-order valence-electron chi connectivity index (χ4n) is 3.51. The Kier molecular flexibility index (Phi) is 9.53. The van der Waals surface area contributed by atoms with Gasteiger partial charge in [0.05, 0.1) is 37.5 Å². The van der Waals surface area contributed by atoms with Crippen LogP contribution in [0.2, 0.25) is 0 Å². The largest absolute Gasteiger partial charge is 0.376 e. The number of ether oxygens (including phenoxy) is 1. The van der Waals surface area contributed by atoms with Gasteiger partial charge in [0.1, 0.15) is 0 Å². The molecular formula is C27H34N6O4. The van der Waals surface area contributed by atoms with Gasteiger partial charge in [-0.05, 0) is 31.0 Å². The van der Waals surface area contributed by atoms with E-state index < -0.39 is 11.5 Å². The van der Waals surface area contributed by atoms with E-state index in [9.17, 15) is 14.4 Å². The van der Waals surface area contributed by atoms with E-state index in [1.165, 1.54) is 0 Å². The second kappa shape index (κ2) is 12.8. The summed E-state index contributed by atoms with van der Waals surface area (Å²) in [4.78, 5) is 41.7. The third-order valence-electron chi connectivity index (χ3n) is 5.68. The van der Waals surface area contributed by atoms with Crippen molar-refractivity contribution in [1.82, 2.24) is 14.9 Å². The van der Waals surface area contributed by atoms with E-state index in [2.05, 4.69) is 20.9 Å². The zero-order valence-corrected chi connectivity index (χ0v) is 21.4. The number of rotatable bonds is 12. The average molecular weight is 507 g/mol. The number of para-hydroxylation sites is 1. The summed E-state index contributed by atoms with van der Waals surface area (Å²) in [6, 6.07) is 16.7. The summed E-state index contributed by atoms with van der Waals surface area (Å²) >= 11 is 0. The number of aromatic nitrogens is 2. The quantitative estimate of drug-likeness (QED) is 0.297. The van der Waals surface area contributed by atoms with Crippen LogP contribution in [0, 0.1) is 5.92 Å². The predicted molar refractivity (Wildman–Crippen MR) is 142 cm³/mol. The molecular weight excluding hydrogens is 472 g/mol. The minimum atomic E-state index is -1.06. The molecule has 0 aliphatic carbocycles. The summed E-state index contributed by atoms with van der Waals surface area (Å²) in [6.07, 6.45) is 3.22. The van der Waals surface area contributed by atoms with E-state index in [0.29, 0.717) is 24.7 Å². The SMILES string of the molecule is CNC(=O)Nc1ccccc1Cn1cnc(NC(=O)[C@@H](COCc2ccccc2)CC(=O)C(C)(C)N)c1. The Morgan fingerprint density at radius 2 is 1.76 bits per heavy atom. The maximum absolute atomic E-state index is 13.1. The van der Waals surface area contributed by atoms with Crippen LogP contribution < -0.4 is 21.7 Å². The molecule has 1 heterocycles. The lowest BCUT2D eigenvalue weighted by Crippen LogP contribution is -2.44. The first kappa shape index (κ1) is 27.6.